The number of amides is 1. The van der Waals surface area contributed by atoms with E-state index in [-0.39, 0.29) is 11.7 Å². The summed E-state index contributed by atoms with van der Waals surface area (Å²) in [5.41, 5.74) is -0.129. The molecule has 3 heteroatoms. The molecule has 0 aromatic rings. The minimum Gasteiger partial charge on any atom is -0.326 e. The van der Waals surface area contributed by atoms with Gasteiger partial charge in [-0.1, -0.05) is 13.8 Å². The largest absolute Gasteiger partial charge is 0.326 e. The molecule has 2 aliphatic rings. The van der Waals surface area contributed by atoms with Gasteiger partial charge in [-0.25, -0.2) is 0 Å². The lowest BCUT2D eigenvalue weighted by Crippen LogP contribution is -2.35. The third-order valence-electron chi connectivity index (χ3n) is 3.32. The van der Waals surface area contributed by atoms with Crippen LogP contribution in [0.1, 0.15) is 40.0 Å². The van der Waals surface area contributed by atoms with Gasteiger partial charge in [0.1, 0.15) is 0 Å². The van der Waals surface area contributed by atoms with Crippen molar-refractivity contribution in [3.63, 3.8) is 0 Å². The smallest absolute Gasteiger partial charge is 0.244 e. The second kappa shape index (κ2) is 3.23. The maximum atomic E-state index is 12.0. The summed E-state index contributed by atoms with van der Waals surface area (Å²) in [7, 11) is 0. The van der Waals surface area contributed by atoms with Crippen LogP contribution in [0.5, 0.6) is 0 Å². The monoisotopic (exact) mass is 196 g/mol. The average molecular weight is 196 g/mol. The van der Waals surface area contributed by atoms with Gasteiger partial charge in [-0.3, -0.25) is 10.1 Å². The van der Waals surface area contributed by atoms with E-state index in [0.717, 1.165) is 25.8 Å². The van der Waals surface area contributed by atoms with Crippen molar-refractivity contribution < 1.29 is 4.79 Å². The summed E-state index contributed by atoms with van der Waals surface area (Å²) >= 11 is 0. The van der Waals surface area contributed by atoms with Crippen LogP contribution < -0.4 is 5.32 Å². The van der Waals surface area contributed by atoms with Crippen molar-refractivity contribution >= 4 is 5.91 Å². The van der Waals surface area contributed by atoms with Crippen LogP contribution in [0.15, 0.2) is 0 Å². The van der Waals surface area contributed by atoms with Crippen molar-refractivity contribution in [3.05, 3.63) is 0 Å². The van der Waals surface area contributed by atoms with Crippen LogP contribution in [0.3, 0.4) is 0 Å². The lowest BCUT2D eigenvalue weighted by atomic mass is 10.1. The van der Waals surface area contributed by atoms with Crippen molar-refractivity contribution in [2.45, 2.75) is 51.7 Å². The molecule has 2 fully saturated rings. The van der Waals surface area contributed by atoms with Crippen molar-refractivity contribution in [1.82, 2.24) is 10.2 Å². The van der Waals surface area contributed by atoms with E-state index in [1.807, 2.05) is 4.90 Å². The lowest BCUT2D eigenvalue weighted by Gasteiger charge is -2.21. The topological polar surface area (TPSA) is 32.3 Å². The Kier molecular flexibility index (Phi) is 2.30. The second-order valence-corrected chi connectivity index (χ2v) is 5.08. The first kappa shape index (κ1) is 9.97. The molecular weight excluding hydrogens is 176 g/mol. The molecule has 1 heterocycles. The number of nitrogens with one attached hydrogen (secondary N) is 1. The Labute approximate surface area is 85.8 Å². The molecule has 1 aliphatic heterocycles. The van der Waals surface area contributed by atoms with Gasteiger partial charge in [0.25, 0.3) is 0 Å². The molecule has 3 nitrogen and oxygen atoms in total. The summed E-state index contributed by atoms with van der Waals surface area (Å²) in [6.07, 6.45) is 3.42. The highest BCUT2D eigenvalue weighted by Crippen LogP contribution is 2.41. The minimum atomic E-state index is -0.129. The molecule has 0 aromatic carbocycles. The first-order valence-corrected chi connectivity index (χ1v) is 5.64. The summed E-state index contributed by atoms with van der Waals surface area (Å²) in [5, 5.41) is 3.40. The van der Waals surface area contributed by atoms with Crippen molar-refractivity contribution in [1.29, 1.82) is 0 Å². The van der Waals surface area contributed by atoms with Crippen molar-refractivity contribution in [2.75, 3.05) is 6.54 Å². The maximum Gasteiger partial charge on any atom is 0.244 e. The van der Waals surface area contributed by atoms with Gasteiger partial charge in [0, 0.05) is 6.54 Å². The lowest BCUT2D eigenvalue weighted by molar-refractivity contribution is -0.130. The zero-order valence-electron chi connectivity index (χ0n) is 9.34. The van der Waals surface area contributed by atoms with Crippen LogP contribution in [0.25, 0.3) is 0 Å². The Balaban J connectivity index is 1.95. The van der Waals surface area contributed by atoms with Crippen molar-refractivity contribution in [3.8, 4) is 0 Å². The minimum absolute atomic E-state index is 0.129. The molecule has 14 heavy (non-hydrogen) atoms. The molecule has 80 valence electrons. The predicted molar refractivity (Wildman–Crippen MR) is 55.7 cm³/mol. The number of rotatable bonds is 3. The summed E-state index contributed by atoms with van der Waals surface area (Å²) in [4.78, 5) is 14.0. The maximum absolute atomic E-state index is 12.0. The molecule has 1 saturated carbocycles. The van der Waals surface area contributed by atoms with Gasteiger partial charge < -0.3 is 4.90 Å². The molecule has 0 aromatic heterocycles. The first-order chi connectivity index (χ1) is 6.55. The van der Waals surface area contributed by atoms with E-state index in [2.05, 4.69) is 26.1 Å². The highest BCUT2D eigenvalue weighted by Gasteiger charge is 2.57. The molecule has 1 amide bonds. The van der Waals surface area contributed by atoms with Gasteiger partial charge >= 0.3 is 0 Å². The van der Waals surface area contributed by atoms with Gasteiger partial charge in [0.15, 0.2) is 0 Å². The van der Waals surface area contributed by atoms with E-state index in [0.29, 0.717) is 11.8 Å². The Bertz CT molecular complexity index is 246. The number of carbonyl (C=O) groups is 1. The zero-order valence-corrected chi connectivity index (χ0v) is 9.34. The SMILES string of the molecule is CC(C)CCN1C(=O)C2(CC2)NC1C. The summed E-state index contributed by atoms with van der Waals surface area (Å²) in [6, 6.07) is 0. The van der Waals surface area contributed by atoms with E-state index in [1.54, 1.807) is 0 Å². The van der Waals surface area contributed by atoms with Gasteiger partial charge in [-0.05, 0) is 32.1 Å². The molecule has 1 atom stereocenters. The van der Waals surface area contributed by atoms with Crippen LogP contribution in [0.2, 0.25) is 0 Å². The molecule has 0 radical (unpaired) electrons. The molecule has 1 spiro atoms. The predicted octanol–water partition coefficient (Wildman–Crippen LogP) is 1.34. The third kappa shape index (κ3) is 1.54. The van der Waals surface area contributed by atoms with Crippen molar-refractivity contribution in [2.24, 2.45) is 5.92 Å². The highest BCUT2D eigenvalue weighted by atomic mass is 16.2. The Hall–Kier alpha value is -0.570. The van der Waals surface area contributed by atoms with Crippen LogP contribution in [0.4, 0.5) is 0 Å². The molecule has 1 unspecified atom stereocenters. The van der Waals surface area contributed by atoms with Crippen LogP contribution >= 0.6 is 0 Å². The Morgan fingerprint density at radius 2 is 2.21 bits per heavy atom. The average Bonchev–Trinajstić information content (AvgIpc) is 2.80. The standard InChI is InChI=1S/C11H20N2O/c1-8(2)4-7-13-9(3)12-11(5-6-11)10(13)14/h8-9,12H,4-7H2,1-3H3. The number of hydrogen-bond acceptors (Lipinski definition) is 2. The van der Waals surface area contributed by atoms with E-state index in [4.69, 9.17) is 0 Å². The van der Waals surface area contributed by atoms with E-state index in [1.165, 1.54) is 0 Å². The summed E-state index contributed by atoms with van der Waals surface area (Å²) in [5.74, 6) is 1.01. The highest BCUT2D eigenvalue weighted by molar-refractivity contribution is 5.91. The van der Waals surface area contributed by atoms with Crippen LogP contribution in [-0.2, 0) is 4.79 Å². The molecule has 1 saturated heterocycles. The summed E-state index contributed by atoms with van der Waals surface area (Å²) < 4.78 is 0. The van der Waals surface area contributed by atoms with Crippen LogP contribution in [0, 0.1) is 5.92 Å². The number of hydrogen-bond donors (Lipinski definition) is 1. The molecular formula is C11H20N2O. The molecule has 2 rings (SSSR count). The quantitative estimate of drug-likeness (QED) is 0.739. The fourth-order valence-corrected chi connectivity index (χ4v) is 2.17. The fourth-order valence-electron chi connectivity index (χ4n) is 2.17. The van der Waals surface area contributed by atoms with E-state index in [9.17, 15) is 4.79 Å². The second-order valence-electron chi connectivity index (χ2n) is 5.08. The van der Waals surface area contributed by atoms with E-state index >= 15 is 0 Å². The molecule has 1 N–H and O–H groups in total. The number of nitrogens with zero attached hydrogens (tertiary/aromatic N) is 1. The van der Waals surface area contributed by atoms with Gasteiger partial charge in [0.2, 0.25) is 5.91 Å². The van der Waals surface area contributed by atoms with Gasteiger partial charge in [-0.2, -0.15) is 0 Å². The number of carbonyl (C=O) groups excluding carboxylic acids is 1. The Morgan fingerprint density at radius 3 is 2.64 bits per heavy atom. The fraction of sp³-hybridized carbons (Fsp3) is 0.909. The van der Waals surface area contributed by atoms with Crippen LogP contribution in [-0.4, -0.2) is 29.1 Å². The summed E-state index contributed by atoms with van der Waals surface area (Å²) in [6.45, 7) is 7.40. The van der Waals surface area contributed by atoms with Gasteiger partial charge in [-0.15, -0.1) is 0 Å². The zero-order chi connectivity index (χ0) is 10.3. The molecule has 0 bridgehead atoms. The molecule has 1 aliphatic carbocycles. The van der Waals surface area contributed by atoms with Gasteiger partial charge in [0.05, 0.1) is 11.7 Å². The normalized spacial score (nSPS) is 29.3. The first-order valence-electron chi connectivity index (χ1n) is 5.64. The Morgan fingerprint density at radius 1 is 1.57 bits per heavy atom. The van der Waals surface area contributed by atoms with E-state index < -0.39 is 0 Å². The third-order valence-corrected chi connectivity index (χ3v) is 3.32.